The van der Waals surface area contributed by atoms with Crippen LogP contribution in [0.5, 0.6) is 0 Å². The molecule has 3 aliphatic rings. The van der Waals surface area contributed by atoms with Crippen molar-refractivity contribution in [3.63, 3.8) is 0 Å². The second-order valence-electron chi connectivity index (χ2n) is 12.7. The van der Waals surface area contributed by atoms with Gasteiger partial charge in [0, 0.05) is 58.5 Å². The number of allylic oxidation sites excluding steroid dienone is 1. The van der Waals surface area contributed by atoms with Crippen LogP contribution in [0.15, 0.2) is 36.4 Å². The number of carbonyl (C=O) groups excluding carboxylic acids is 4. The van der Waals surface area contributed by atoms with E-state index in [9.17, 15) is 19.2 Å². The number of nitrogens with zero attached hydrogens (tertiary/aromatic N) is 1. The Balaban J connectivity index is 1.69. The van der Waals surface area contributed by atoms with Crippen LogP contribution in [0.3, 0.4) is 0 Å². The molecule has 0 aromatic heterocycles. The lowest BCUT2D eigenvalue weighted by atomic mass is 9.70. The van der Waals surface area contributed by atoms with Crippen LogP contribution in [0.25, 0.3) is 0 Å². The van der Waals surface area contributed by atoms with Crippen LogP contribution in [0.4, 0.5) is 0 Å². The fourth-order valence-electron chi connectivity index (χ4n) is 6.66. The summed E-state index contributed by atoms with van der Waals surface area (Å²) in [5.41, 5.74) is 5.06. The summed E-state index contributed by atoms with van der Waals surface area (Å²) in [5, 5.41) is 7.34. The SMILES string of the molecule is CC=CC(=O)OC1C2OC2C[C@]2(C(=O)NCCCCCC(N)=O)ON(Cc3cccc(C#CC(OCC)OCC)c3)[C@H](C(=O)NCC(OC)OC)[C@H]12. The Morgan fingerprint density at radius 2 is 1.85 bits per heavy atom. The molecule has 6 atom stereocenters. The summed E-state index contributed by atoms with van der Waals surface area (Å²) in [7, 11) is 2.91. The zero-order valence-electron chi connectivity index (χ0n) is 30.6. The first kappa shape index (κ1) is 40.9. The number of benzene rings is 1. The maximum absolute atomic E-state index is 14.3. The first-order valence-electron chi connectivity index (χ1n) is 17.8. The molecule has 2 aliphatic heterocycles. The summed E-state index contributed by atoms with van der Waals surface area (Å²) in [6.07, 6.45) is 1.70. The highest BCUT2D eigenvalue weighted by molar-refractivity contribution is 5.91. The number of fused-ring (bicyclic) bond motifs is 2. The zero-order chi connectivity index (χ0) is 37.7. The highest BCUT2D eigenvalue weighted by Gasteiger charge is 2.73. The number of hydroxylamine groups is 2. The van der Waals surface area contributed by atoms with E-state index in [0.717, 1.165) is 5.56 Å². The molecule has 0 radical (unpaired) electrons. The van der Waals surface area contributed by atoms with E-state index in [4.69, 9.17) is 39.0 Å². The fraction of sp³-hybridized carbons (Fsp3) is 0.622. The molecule has 1 aromatic carbocycles. The summed E-state index contributed by atoms with van der Waals surface area (Å²) >= 11 is 0. The monoisotopic (exact) mass is 728 g/mol. The summed E-state index contributed by atoms with van der Waals surface area (Å²) < 4.78 is 33.6. The normalized spacial score (nSPS) is 24.9. The number of nitrogens with one attached hydrogen (secondary N) is 2. The van der Waals surface area contributed by atoms with Crippen LogP contribution >= 0.6 is 0 Å². The number of primary amides is 1. The molecule has 1 aliphatic carbocycles. The number of carbonyl (C=O) groups is 4. The number of nitrogens with two attached hydrogens (primary N) is 1. The lowest BCUT2D eigenvalue weighted by Crippen LogP contribution is -2.62. The van der Waals surface area contributed by atoms with Crippen molar-refractivity contribution in [3.05, 3.63) is 47.5 Å². The molecule has 2 saturated heterocycles. The smallest absolute Gasteiger partial charge is 0.330 e. The average molecular weight is 729 g/mol. The first-order valence-corrected chi connectivity index (χ1v) is 17.8. The van der Waals surface area contributed by atoms with Crippen molar-refractivity contribution >= 4 is 23.7 Å². The molecule has 0 spiro atoms. The summed E-state index contributed by atoms with van der Waals surface area (Å²) in [4.78, 5) is 59.4. The first-order chi connectivity index (χ1) is 25.1. The number of hydrogen-bond acceptors (Lipinski definition) is 12. The molecule has 52 heavy (non-hydrogen) atoms. The Morgan fingerprint density at radius 1 is 1.10 bits per heavy atom. The lowest BCUT2D eigenvalue weighted by molar-refractivity contribution is -0.220. The summed E-state index contributed by atoms with van der Waals surface area (Å²) in [5.74, 6) is 3.17. The van der Waals surface area contributed by atoms with Crippen molar-refractivity contribution < 1.29 is 52.4 Å². The third-order valence-electron chi connectivity index (χ3n) is 9.07. The second-order valence-corrected chi connectivity index (χ2v) is 12.7. The van der Waals surface area contributed by atoms with Crippen LogP contribution in [0.2, 0.25) is 0 Å². The van der Waals surface area contributed by atoms with Gasteiger partial charge in [-0.15, -0.1) is 0 Å². The number of esters is 1. The van der Waals surface area contributed by atoms with Gasteiger partial charge in [-0.25, -0.2) is 4.79 Å². The van der Waals surface area contributed by atoms with Gasteiger partial charge in [0.25, 0.3) is 5.91 Å². The van der Waals surface area contributed by atoms with E-state index in [1.54, 1.807) is 13.0 Å². The van der Waals surface area contributed by atoms with Gasteiger partial charge in [0.05, 0.1) is 25.1 Å². The number of methoxy groups -OCH3 is 2. The summed E-state index contributed by atoms with van der Waals surface area (Å²) in [6, 6.07) is 6.29. The van der Waals surface area contributed by atoms with Crippen molar-refractivity contribution in [2.24, 2.45) is 11.7 Å². The minimum atomic E-state index is -1.63. The zero-order valence-corrected chi connectivity index (χ0v) is 30.6. The van der Waals surface area contributed by atoms with E-state index in [1.165, 1.54) is 25.4 Å². The average Bonchev–Trinajstić information content (AvgIpc) is 3.81. The Bertz CT molecular complexity index is 1470. The molecule has 3 unspecified atom stereocenters. The van der Waals surface area contributed by atoms with Gasteiger partial charge in [-0.2, -0.15) is 5.06 Å². The summed E-state index contributed by atoms with van der Waals surface area (Å²) in [6.45, 7) is 6.66. The van der Waals surface area contributed by atoms with Gasteiger partial charge < -0.3 is 44.8 Å². The predicted molar refractivity (Wildman–Crippen MR) is 186 cm³/mol. The molecule has 15 heteroatoms. The standard InChI is InChI=1S/C37H52N4O11/c1-6-13-28(43)51-34-31-32(35(44)40-22-30(46-4)47-5)41(23-25-15-12-14-24(20-25)17-18-29(48-7-2)49-8-3)52-37(31,21-26-33(34)50-26)36(45)39-19-11-9-10-16-27(38)42/h6,12-15,20,26,29-34H,7-11,16,19,21-23H2,1-5H3,(H2,38,42)(H,39,45)(H,40,44)/t26?,31-,32+,33?,34?,37+/m1/s1. The fourth-order valence-corrected chi connectivity index (χ4v) is 6.66. The number of ether oxygens (including phenoxy) is 6. The third-order valence-corrected chi connectivity index (χ3v) is 9.07. The van der Waals surface area contributed by atoms with Crippen LogP contribution < -0.4 is 16.4 Å². The van der Waals surface area contributed by atoms with Gasteiger partial charge in [0.2, 0.25) is 18.1 Å². The Morgan fingerprint density at radius 3 is 2.52 bits per heavy atom. The minimum Gasteiger partial charge on any atom is -0.456 e. The van der Waals surface area contributed by atoms with Crippen molar-refractivity contribution in [1.82, 2.24) is 15.7 Å². The van der Waals surface area contributed by atoms with E-state index in [0.29, 0.717) is 44.6 Å². The topological polar surface area (TPSA) is 190 Å². The lowest BCUT2D eigenvalue weighted by Gasteiger charge is -2.38. The van der Waals surface area contributed by atoms with Crippen molar-refractivity contribution in [1.29, 1.82) is 0 Å². The molecule has 1 saturated carbocycles. The molecule has 2 heterocycles. The van der Waals surface area contributed by atoms with Crippen LogP contribution in [0.1, 0.15) is 64.0 Å². The number of rotatable bonds is 20. The molecule has 286 valence electrons. The Hall–Kier alpha value is -3.88. The Labute approximate surface area is 305 Å². The molecular weight excluding hydrogens is 676 g/mol. The van der Waals surface area contributed by atoms with E-state index < -0.39 is 66.2 Å². The molecule has 4 rings (SSSR count). The maximum atomic E-state index is 14.3. The van der Waals surface area contributed by atoms with E-state index >= 15 is 0 Å². The van der Waals surface area contributed by atoms with Crippen molar-refractivity contribution in [3.8, 4) is 11.8 Å². The number of unbranched alkanes of at least 4 members (excludes halogenated alkanes) is 2. The molecule has 3 amide bonds. The van der Waals surface area contributed by atoms with Crippen molar-refractivity contribution in [2.45, 2.75) is 102 Å². The van der Waals surface area contributed by atoms with Crippen LogP contribution in [0, 0.1) is 17.8 Å². The van der Waals surface area contributed by atoms with Gasteiger partial charge in [0.15, 0.2) is 11.9 Å². The second kappa shape index (κ2) is 19.8. The minimum absolute atomic E-state index is 0.00484. The predicted octanol–water partition coefficient (Wildman–Crippen LogP) is 1.46. The van der Waals surface area contributed by atoms with Gasteiger partial charge in [-0.05, 0) is 57.2 Å². The maximum Gasteiger partial charge on any atom is 0.330 e. The number of epoxide rings is 1. The van der Waals surface area contributed by atoms with Gasteiger partial charge >= 0.3 is 5.97 Å². The quantitative estimate of drug-likeness (QED) is 0.0439. The van der Waals surface area contributed by atoms with Gasteiger partial charge in [0.1, 0.15) is 18.2 Å². The molecular formula is C37H52N4O11. The number of amides is 3. The number of hydrogen-bond donors (Lipinski definition) is 3. The largest absolute Gasteiger partial charge is 0.456 e. The van der Waals surface area contributed by atoms with Crippen LogP contribution in [-0.2, 0) is 59.0 Å². The molecule has 15 nitrogen and oxygen atoms in total. The van der Waals surface area contributed by atoms with E-state index in [1.807, 2.05) is 38.1 Å². The van der Waals surface area contributed by atoms with Crippen LogP contribution in [-0.4, -0.2) is 112 Å². The third kappa shape index (κ3) is 10.6. The van der Waals surface area contributed by atoms with Gasteiger partial charge in [-0.1, -0.05) is 30.6 Å². The highest BCUT2D eigenvalue weighted by Crippen LogP contribution is 2.54. The highest BCUT2D eigenvalue weighted by atomic mass is 16.7. The van der Waals surface area contributed by atoms with Crippen molar-refractivity contribution in [2.75, 3.05) is 40.5 Å². The van der Waals surface area contributed by atoms with Gasteiger partial charge in [-0.3, -0.25) is 19.2 Å². The molecule has 3 fully saturated rings. The van der Waals surface area contributed by atoms with E-state index in [-0.39, 0.29) is 31.8 Å². The molecule has 1 aromatic rings. The molecule has 0 bridgehead atoms. The van der Waals surface area contributed by atoms with E-state index in [2.05, 4.69) is 22.5 Å². The Kier molecular flexibility index (Phi) is 15.6. The molecule has 4 N–H and O–H groups in total.